The normalized spacial score (nSPS) is 17.4. The minimum Gasteiger partial charge on any atom is -0.493 e. The third kappa shape index (κ3) is 6.03. The molecule has 2 atom stereocenters. The molecule has 222 valence electrons. The van der Waals surface area contributed by atoms with Gasteiger partial charge >= 0.3 is 12.0 Å². The van der Waals surface area contributed by atoms with Crippen molar-refractivity contribution in [3.8, 4) is 11.5 Å². The fourth-order valence-electron chi connectivity index (χ4n) is 4.90. The van der Waals surface area contributed by atoms with Gasteiger partial charge in [0.25, 0.3) is 0 Å². The summed E-state index contributed by atoms with van der Waals surface area (Å²) in [6.07, 6.45) is -0.522. The van der Waals surface area contributed by atoms with Gasteiger partial charge in [0.05, 0.1) is 24.2 Å². The van der Waals surface area contributed by atoms with Gasteiger partial charge in [0.15, 0.2) is 11.5 Å². The van der Waals surface area contributed by atoms with E-state index < -0.39 is 35.0 Å². The number of halogens is 3. The van der Waals surface area contributed by atoms with Crippen LogP contribution in [0, 0.1) is 12.7 Å². The van der Waals surface area contributed by atoms with Crippen LogP contribution in [-0.4, -0.2) is 76.4 Å². The van der Waals surface area contributed by atoms with Crippen molar-refractivity contribution in [3.63, 3.8) is 0 Å². The number of likely N-dealkylation sites (N-methyl/N-ethyl adjacent to an activating group) is 1. The molecule has 2 heterocycles. The van der Waals surface area contributed by atoms with Crippen LogP contribution < -0.4 is 14.8 Å². The molecule has 2 aromatic carbocycles. The van der Waals surface area contributed by atoms with Gasteiger partial charge in [-0.15, -0.1) is 0 Å². The molecule has 1 fully saturated rings. The maximum atomic E-state index is 15.4. The first-order valence-corrected chi connectivity index (χ1v) is 13.3. The largest absolute Gasteiger partial charge is 0.493 e. The monoisotopic (exact) mass is 575 g/mol. The van der Waals surface area contributed by atoms with Crippen LogP contribution in [0.3, 0.4) is 0 Å². The lowest BCUT2D eigenvalue weighted by Gasteiger charge is -2.37. The number of carbonyl (C=O) groups excluding carboxylic acids is 1. The van der Waals surface area contributed by atoms with E-state index in [0.29, 0.717) is 36.4 Å². The predicted molar refractivity (Wildman–Crippen MR) is 149 cm³/mol. The maximum absolute atomic E-state index is 15.4. The predicted octanol–water partition coefficient (Wildman–Crippen LogP) is 5.26. The SMILES string of the molecule is COc1cc2nc(C)nc(NC(C)c3cccc(C(F)(F)C(C)(C)O)c3F)c2cc1OC(=O)N1CCN(C)CC1C. The van der Waals surface area contributed by atoms with Gasteiger partial charge in [0, 0.05) is 42.7 Å². The van der Waals surface area contributed by atoms with E-state index in [9.17, 15) is 18.7 Å². The molecule has 3 aromatic rings. The molecule has 0 radical (unpaired) electrons. The summed E-state index contributed by atoms with van der Waals surface area (Å²) in [6, 6.07) is 5.98. The first-order valence-electron chi connectivity index (χ1n) is 13.3. The Morgan fingerprint density at radius 3 is 2.54 bits per heavy atom. The number of ether oxygens (including phenoxy) is 2. The summed E-state index contributed by atoms with van der Waals surface area (Å²) in [7, 11) is 3.44. The fraction of sp³-hybridized carbons (Fsp3) is 0.483. The molecule has 1 aliphatic heterocycles. The molecule has 1 aliphatic rings. The second-order valence-corrected chi connectivity index (χ2v) is 11.0. The number of anilines is 1. The number of amides is 1. The number of benzene rings is 2. The second kappa shape index (κ2) is 11.3. The van der Waals surface area contributed by atoms with E-state index in [0.717, 1.165) is 19.9 Å². The third-order valence-corrected chi connectivity index (χ3v) is 7.31. The van der Waals surface area contributed by atoms with Gasteiger partial charge < -0.3 is 29.7 Å². The molecule has 0 saturated carbocycles. The molecule has 1 amide bonds. The number of methoxy groups -OCH3 is 1. The number of carbonyl (C=O) groups is 1. The Kier molecular flexibility index (Phi) is 8.38. The lowest BCUT2D eigenvalue weighted by molar-refractivity contribution is -0.170. The van der Waals surface area contributed by atoms with Crippen molar-refractivity contribution in [2.75, 3.05) is 39.1 Å². The van der Waals surface area contributed by atoms with E-state index in [1.807, 2.05) is 14.0 Å². The molecule has 1 saturated heterocycles. The molecule has 4 rings (SSSR count). The first kappa shape index (κ1) is 30.3. The van der Waals surface area contributed by atoms with Gasteiger partial charge in [-0.2, -0.15) is 8.78 Å². The van der Waals surface area contributed by atoms with Crippen molar-refractivity contribution in [2.24, 2.45) is 0 Å². The Balaban J connectivity index is 1.69. The topological polar surface area (TPSA) is 100 Å². The van der Waals surface area contributed by atoms with Gasteiger partial charge in [-0.3, -0.25) is 0 Å². The average molecular weight is 576 g/mol. The molecule has 2 unspecified atom stereocenters. The highest BCUT2D eigenvalue weighted by atomic mass is 19.3. The van der Waals surface area contributed by atoms with Crippen LogP contribution in [0.15, 0.2) is 30.3 Å². The van der Waals surface area contributed by atoms with Crippen LogP contribution in [0.5, 0.6) is 11.5 Å². The quantitative estimate of drug-likeness (QED) is 0.394. The minimum absolute atomic E-state index is 0.0416. The van der Waals surface area contributed by atoms with Crippen molar-refractivity contribution in [2.45, 2.75) is 58.2 Å². The summed E-state index contributed by atoms with van der Waals surface area (Å²) in [5.41, 5.74) is -2.95. The van der Waals surface area contributed by atoms with Crippen molar-refractivity contribution in [3.05, 3.63) is 53.1 Å². The molecular formula is C29H36F3N5O4. The van der Waals surface area contributed by atoms with Gasteiger partial charge in [-0.25, -0.2) is 19.2 Å². The minimum atomic E-state index is -3.83. The summed E-state index contributed by atoms with van der Waals surface area (Å²) in [5, 5.41) is 13.5. The number of nitrogens with zero attached hydrogens (tertiary/aromatic N) is 4. The highest BCUT2D eigenvalue weighted by molar-refractivity contribution is 5.92. The highest BCUT2D eigenvalue weighted by Crippen LogP contribution is 2.42. The Bertz CT molecular complexity index is 1450. The maximum Gasteiger partial charge on any atom is 0.415 e. The third-order valence-electron chi connectivity index (χ3n) is 7.31. The number of hydrogen-bond donors (Lipinski definition) is 2. The lowest BCUT2D eigenvalue weighted by Crippen LogP contribution is -2.53. The Labute approximate surface area is 237 Å². The standard InChI is InChI=1S/C29H36F3N5O4/c1-16-15-36(6)11-12-37(16)27(38)41-24-13-20-22(14-23(24)40-7)34-18(3)35-26(20)33-17(2)19-9-8-10-21(25(19)30)29(31,32)28(4,5)39/h8-10,13-14,16-17,39H,11-12,15H2,1-7H3,(H,33,34,35). The number of aromatic nitrogens is 2. The second-order valence-electron chi connectivity index (χ2n) is 11.0. The number of hydrogen-bond acceptors (Lipinski definition) is 8. The van der Waals surface area contributed by atoms with Gasteiger partial charge in [0.2, 0.25) is 0 Å². The van der Waals surface area contributed by atoms with Crippen LogP contribution in [0.25, 0.3) is 10.9 Å². The zero-order valence-corrected chi connectivity index (χ0v) is 24.3. The van der Waals surface area contributed by atoms with Crippen molar-refractivity contribution >= 4 is 22.8 Å². The highest BCUT2D eigenvalue weighted by Gasteiger charge is 2.49. The number of nitrogens with one attached hydrogen (secondary N) is 1. The Morgan fingerprint density at radius 2 is 1.90 bits per heavy atom. The molecule has 0 aliphatic carbocycles. The average Bonchev–Trinajstić information content (AvgIpc) is 2.87. The van der Waals surface area contributed by atoms with Gasteiger partial charge in [-0.1, -0.05) is 12.1 Å². The number of rotatable bonds is 7. The van der Waals surface area contributed by atoms with E-state index in [1.54, 1.807) is 30.9 Å². The smallest absolute Gasteiger partial charge is 0.415 e. The lowest BCUT2D eigenvalue weighted by atomic mass is 9.91. The Hall–Kier alpha value is -3.64. The van der Waals surface area contributed by atoms with Crippen LogP contribution in [0.2, 0.25) is 0 Å². The summed E-state index contributed by atoms with van der Waals surface area (Å²) in [4.78, 5) is 25.8. The van der Waals surface area contributed by atoms with E-state index in [1.165, 1.54) is 19.2 Å². The van der Waals surface area contributed by atoms with E-state index in [2.05, 4.69) is 20.2 Å². The zero-order chi connectivity index (χ0) is 30.3. The molecule has 1 aromatic heterocycles. The number of fused-ring (bicyclic) bond motifs is 1. The van der Waals surface area contributed by atoms with Crippen molar-refractivity contribution in [1.82, 2.24) is 19.8 Å². The summed E-state index contributed by atoms with van der Waals surface area (Å²) in [5.74, 6) is -3.84. The van der Waals surface area contributed by atoms with Crippen LogP contribution in [0.4, 0.5) is 23.8 Å². The van der Waals surface area contributed by atoms with Crippen LogP contribution >= 0.6 is 0 Å². The van der Waals surface area contributed by atoms with E-state index in [-0.39, 0.29) is 28.9 Å². The zero-order valence-electron chi connectivity index (χ0n) is 24.3. The molecule has 0 bridgehead atoms. The van der Waals surface area contributed by atoms with Crippen LogP contribution in [-0.2, 0) is 5.92 Å². The number of aliphatic hydroxyl groups is 1. The summed E-state index contributed by atoms with van der Waals surface area (Å²) >= 11 is 0. The molecular weight excluding hydrogens is 539 g/mol. The fourth-order valence-corrected chi connectivity index (χ4v) is 4.90. The van der Waals surface area contributed by atoms with Crippen molar-refractivity contribution < 1.29 is 32.5 Å². The molecule has 0 spiro atoms. The number of alkyl halides is 2. The first-order chi connectivity index (χ1) is 19.1. The van der Waals surface area contributed by atoms with E-state index in [4.69, 9.17) is 9.47 Å². The number of piperazine rings is 1. The molecule has 9 nitrogen and oxygen atoms in total. The van der Waals surface area contributed by atoms with Gasteiger partial charge in [-0.05, 0) is 53.8 Å². The molecule has 12 heteroatoms. The molecule has 2 N–H and O–H groups in total. The van der Waals surface area contributed by atoms with Crippen LogP contribution in [0.1, 0.15) is 50.7 Å². The molecule has 41 heavy (non-hydrogen) atoms. The summed E-state index contributed by atoms with van der Waals surface area (Å²) < 4.78 is 56.4. The Morgan fingerprint density at radius 1 is 1.20 bits per heavy atom. The summed E-state index contributed by atoms with van der Waals surface area (Å²) in [6.45, 7) is 9.02. The van der Waals surface area contributed by atoms with Crippen molar-refractivity contribution in [1.29, 1.82) is 0 Å². The van der Waals surface area contributed by atoms with Gasteiger partial charge in [0.1, 0.15) is 23.1 Å². The van der Waals surface area contributed by atoms with E-state index >= 15 is 4.39 Å². The number of aryl methyl sites for hydroxylation is 1.